The highest BCUT2D eigenvalue weighted by Gasteiger charge is 2.47. The average Bonchev–Trinajstić information content (AvgIpc) is 3.45. The summed E-state index contributed by atoms with van der Waals surface area (Å²) in [5.74, 6) is -0.0617. The number of hydrogen-bond acceptors (Lipinski definition) is 3. The third-order valence-corrected chi connectivity index (χ3v) is 7.16. The molecule has 0 saturated carbocycles. The minimum Gasteiger partial charge on any atom is -0.359 e. The van der Waals surface area contributed by atoms with E-state index >= 15 is 0 Å². The van der Waals surface area contributed by atoms with Crippen molar-refractivity contribution in [3.8, 4) is 11.1 Å². The molecule has 2 aromatic carbocycles. The molecule has 2 aromatic rings. The van der Waals surface area contributed by atoms with E-state index in [-0.39, 0.29) is 17.7 Å². The minimum atomic E-state index is -0.676. The molecule has 2 fully saturated rings. The molecule has 6 nitrogen and oxygen atoms in total. The van der Waals surface area contributed by atoms with E-state index in [0.717, 1.165) is 23.1 Å². The van der Waals surface area contributed by atoms with Gasteiger partial charge in [-0.1, -0.05) is 54.1 Å². The number of nitrogens with one attached hydrogen (secondary N) is 1. The largest absolute Gasteiger partial charge is 0.359 e. The van der Waals surface area contributed by atoms with Gasteiger partial charge in [0.25, 0.3) is 0 Å². The second-order valence-corrected chi connectivity index (χ2v) is 9.48. The van der Waals surface area contributed by atoms with Crippen molar-refractivity contribution in [2.75, 3.05) is 26.7 Å². The van der Waals surface area contributed by atoms with E-state index in [9.17, 15) is 14.4 Å². The number of aryl methyl sites for hydroxylation is 1. The van der Waals surface area contributed by atoms with Gasteiger partial charge in [0.15, 0.2) is 0 Å². The Labute approximate surface area is 196 Å². The Morgan fingerprint density at radius 2 is 1.85 bits per heavy atom. The van der Waals surface area contributed by atoms with Crippen LogP contribution >= 0.6 is 0 Å². The van der Waals surface area contributed by atoms with E-state index in [1.807, 2.05) is 6.07 Å². The first-order chi connectivity index (χ1) is 15.8. The maximum atomic E-state index is 13.2. The lowest BCUT2D eigenvalue weighted by Gasteiger charge is -2.30. The highest BCUT2D eigenvalue weighted by Crippen LogP contribution is 2.36. The summed E-state index contributed by atoms with van der Waals surface area (Å²) in [6.07, 6.45) is 2.48. The fraction of sp³-hybridized carbons (Fsp3) is 0.444. The van der Waals surface area contributed by atoms with Crippen molar-refractivity contribution in [2.45, 2.75) is 45.6 Å². The van der Waals surface area contributed by atoms with Crippen LogP contribution in [0.5, 0.6) is 0 Å². The molecule has 33 heavy (non-hydrogen) atoms. The second-order valence-electron chi connectivity index (χ2n) is 9.48. The van der Waals surface area contributed by atoms with Crippen LogP contribution in [0.3, 0.4) is 0 Å². The van der Waals surface area contributed by atoms with Gasteiger partial charge in [-0.2, -0.15) is 0 Å². The van der Waals surface area contributed by atoms with Crippen LogP contribution in [-0.4, -0.2) is 60.2 Å². The molecule has 0 bridgehead atoms. The van der Waals surface area contributed by atoms with Crippen LogP contribution in [0, 0.1) is 12.3 Å². The Morgan fingerprint density at radius 3 is 2.52 bits per heavy atom. The van der Waals surface area contributed by atoms with Crippen molar-refractivity contribution in [1.82, 2.24) is 15.1 Å². The summed E-state index contributed by atoms with van der Waals surface area (Å²) in [6, 6.07) is 16.2. The molecule has 6 heteroatoms. The van der Waals surface area contributed by atoms with Crippen LogP contribution < -0.4 is 5.32 Å². The van der Waals surface area contributed by atoms with E-state index in [1.54, 1.807) is 23.8 Å². The van der Waals surface area contributed by atoms with E-state index < -0.39 is 11.5 Å². The Hall–Kier alpha value is -3.15. The lowest BCUT2D eigenvalue weighted by Crippen LogP contribution is -2.49. The van der Waals surface area contributed by atoms with E-state index in [4.69, 9.17) is 0 Å². The average molecular weight is 448 g/mol. The van der Waals surface area contributed by atoms with Gasteiger partial charge in [0.2, 0.25) is 17.7 Å². The van der Waals surface area contributed by atoms with Crippen LogP contribution in [0.1, 0.15) is 37.3 Å². The zero-order valence-electron chi connectivity index (χ0n) is 19.8. The Morgan fingerprint density at radius 1 is 1.09 bits per heavy atom. The minimum absolute atomic E-state index is 0.0385. The summed E-state index contributed by atoms with van der Waals surface area (Å²) in [6.45, 7) is 5.40. The van der Waals surface area contributed by atoms with Crippen LogP contribution in [0.4, 0.5) is 0 Å². The van der Waals surface area contributed by atoms with Gasteiger partial charge in [0, 0.05) is 33.1 Å². The van der Waals surface area contributed by atoms with Crippen LogP contribution in [0.2, 0.25) is 0 Å². The van der Waals surface area contributed by atoms with Crippen molar-refractivity contribution in [2.24, 2.45) is 5.41 Å². The van der Waals surface area contributed by atoms with E-state index in [2.05, 4.69) is 54.7 Å². The predicted octanol–water partition coefficient (Wildman–Crippen LogP) is 3.18. The van der Waals surface area contributed by atoms with Crippen molar-refractivity contribution in [1.29, 1.82) is 0 Å². The summed E-state index contributed by atoms with van der Waals surface area (Å²) in [7, 11) is 1.66. The third-order valence-electron chi connectivity index (χ3n) is 7.16. The molecule has 174 valence electrons. The summed E-state index contributed by atoms with van der Waals surface area (Å²) in [4.78, 5) is 41.8. The zero-order valence-corrected chi connectivity index (χ0v) is 19.8. The number of rotatable bonds is 6. The summed E-state index contributed by atoms with van der Waals surface area (Å²) >= 11 is 0. The zero-order chi connectivity index (χ0) is 23.6. The van der Waals surface area contributed by atoms with Gasteiger partial charge in [-0.25, -0.2) is 0 Å². The maximum Gasteiger partial charge on any atom is 0.245 e. The summed E-state index contributed by atoms with van der Waals surface area (Å²) in [5.41, 5.74) is 3.88. The van der Waals surface area contributed by atoms with Crippen molar-refractivity contribution in [3.05, 3.63) is 59.7 Å². The quantitative estimate of drug-likeness (QED) is 0.740. The molecule has 0 spiro atoms. The standard InChI is InChI=1S/C27H33N3O3/c1-19-9-11-22(12-10-19)23-7-4-6-21(16-23)17-27(26(33)28-3)13-15-29(18-27)25(32)20(2)30-14-5-8-24(30)31/h4,6-7,9-12,16,20H,5,8,13-15,17-18H2,1-3H3,(H,28,33). The van der Waals surface area contributed by atoms with Crippen molar-refractivity contribution >= 4 is 17.7 Å². The molecule has 2 saturated heterocycles. The SMILES string of the molecule is CNC(=O)C1(Cc2cccc(-c3ccc(C)cc3)c2)CCN(C(=O)C(C)N2CCCC2=O)C1. The number of benzene rings is 2. The lowest BCUT2D eigenvalue weighted by molar-refractivity contribution is -0.142. The number of nitrogens with zero attached hydrogens (tertiary/aromatic N) is 2. The molecule has 2 aliphatic rings. The van der Waals surface area contributed by atoms with E-state index in [1.165, 1.54) is 5.56 Å². The van der Waals surface area contributed by atoms with Gasteiger partial charge in [-0.15, -0.1) is 0 Å². The lowest BCUT2D eigenvalue weighted by atomic mass is 9.79. The predicted molar refractivity (Wildman–Crippen MR) is 128 cm³/mol. The molecular weight excluding hydrogens is 414 g/mol. The molecule has 0 aromatic heterocycles. The summed E-state index contributed by atoms with van der Waals surface area (Å²) in [5, 5.41) is 2.83. The number of amides is 3. The van der Waals surface area contributed by atoms with Gasteiger partial charge in [-0.3, -0.25) is 14.4 Å². The Kier molecular flexibility index (Phi) is 6.54. The monoisotopic (exact) mass is 447 g/mol. The van der Waals surface area contributed by atoms with Crippen LogP contribution in [0.15, 0.2) is 48.5 Å². The van der Waals surface area contributed by atoms with Gasteiger partial charge < -0.3 is 15.1 Å². The fourth-order valence-electron chi connectivity index (χ4n) is 5.21. The Bertz CT molecular complexity index is 1050. The van der Waals surface area contributed by atoms with Gasteiger partial charge in [0.05, 0.1) is 5.41 Å². The van der Waals surface area contributed by atoms with Crippen LogP contribution in [-0.2, 0) is 20.8 Å². The Balaban J connectivity index is 1.54. The van der Waals surface area contributed by atoms with Gasteiger partial charge in [0.1, 0.15) is 6.04 Å². The smallest absolute Gasteiger partial charge is 0.245 e. The molecular formula is C27H33N3O3. The molecule has 0 radical (unpaired) electrons. The second kappa shape index (κ2) is 9.38. The van der Waals surface area contributed by atoms with Crippen molar-refractivity contribution in [3.63, 3.8) is 0 Å². The number of carbonyl (C=O) groups is 3. The molecule has 2 aliphatic heterocycles. The van der Waals surface area contributed by atoms with Gasteiger partial charge in [-0.05, 0) is 49.8 Å². The third kappa shape index (κ3) is 4.65. The first-order valence-electron chi connectivity index (χ1n) is 11.8. The molecule has 3 amide bonds. The van der Waals surface area contributed by atoms with Gasteiger partial charge >= 0.3 is 0 Å². The molecule has 2 atom stereocenters. The number of carbonyl (C=O) groups excluding carboxylic acids is 3. The molecule has 2 heterocycles. The normalized spacial score (nSPS) is 21.4. The van der Waals surface area contributed by atoms with Crippen LogP contribution in [0.25, 0.3) is 11.1 Å². The maximum absolute atomic E-state index is 13.2. The summed E-state index contributed by atoms with van der Waals surface area (Å²) < 4.78 is 0. The highest BCUT2D eigenvalue weighted by molar-refractivity contribution is 5.90. The highest BCUT2D eigenvalue weighted by atomic mass is 16.2. The fourth-order valence-corrected chi connectivity index (χ4v) is 5.21. The molecule has 4 rings (SSSR count). The number of likely N-dealkylation sites (tertiary alicyclic amines) is 2. The first kappa shape index (κ1) is 23.0. The topological polar surface area (TPSA) is 69.7 Å². The molecule has 1 N–H and O–H groups in total. The molecule has 2 unspecified atom stereocenters. The molecule has 0 aliphatic carbocycles. The van der Waals surface area contributed by atoms with Crippen molar-refractivity contribution < 1.29 is 14.4 Å². The van der Waals surface area contributed by atoms with E-state index in [0.29, 0.717) is 38.9 Å². The first-order valence-corrected chi connectivity index (χ1v) is 11.8. The number of hydrogen-bond donors (Lipinski definition) is 1.